The summed E-state index contributed by atoms with van der Waals surface area (Å²) in [6.07, 6.45) is 1.03. The number of hydrogen-bond acceptors (Lipinski definition) is 1. The van der Waals surface area contributed by atoms with E-state index in [4.69, 9.17) is 0 Å². The fourth-order valence-corrected chi connectivity index (χ4v) is 2.04. The van der Waals surface area contributed by atoms with Crippen LogP contribution < -0.4 is 0 Å². The van der Waals surface area contributed by atoms with E-state index in [0.29, 0.717) is 0 Å². The van der Waals surface area contributed by atoms with E-state index < -0.39 is 0 Å². The van der Waals surface area contributed by atoms with Gasteiger partial charge in [0, 0.05) is 18.0 Å². The molecule has 0 aliphatic heterocycles. The molecular weight excluding hydrogens is 186 g/mol. The van der Waals surface area contributed by atoms with Gasteiger partial charge in [-0.3, -0.25) is 9.36 Å². The SMILES string of the molecule is CCc1ccc2c(c1)cc(C)n2C(C)=O. The summed E-state index contributed by atoms with van der Waals surface area (Å²) >= 11 is 0. The van der Waals surface area contributed by atoms with Gasteiger partial charge in [0.05, 0.1) is 5.52 Å². The van der Waals surface area contributed by atoms with Crippen LogP contribution in [0.2, 0.25) is 0 Å². The summed E-state index contributed by atoms with van der Waals surface area (Å²) in [5.41, 5.74) is 3.33. The van der Waals surface area contributed by atoms with Crippen molar-refractivity contribution in [1.82, 2.24) is 4.57 Å². The molecule has 0 amide bonds. The summed E-state index contributed by atoms with van der Waals surface area (Å²) in [7, 11) is 0. The first kappa shape index (κ1) is 9.97. The average Bonchev–Trinajstić information content (AvgIpc) is 2.52. The number of carbonyl (C=O) groups is 1. The Morgan fingerprint density at radius 2 is 2.07 bits per heavy atom. The van der Waals surface area contributed by atoms with Crippen LogP contribution in [0.5, 0.6) is 0 Å². The van der Waals surface area contributed by atoms with E-state index in [2.05, 4.69) is 25.1 Å². The third-order valence-corrected chi connectivity index (χ3v) is 2.77. The summed E-state index contributed by atoms with van der Waals surface area (Å²) in [5.74, 6) is 0.0757. The fourth-order valence-electron chi connectivity index (χ4n) is 2.04. The molecule has 0 saturated heterocycles. The highest BCUT2D eigenvalue weighted by Gasteiger charge is 2.08. The lowest BCUT2D eigenvalue weighted by atomic mass is 10.1. The van der Waals surface area contributed by atoms with Gasteiger partial charge in [-0.05, 0) is 37.1 Å². The Hall–Kier alpha value is -1.57. The van der Waals surface area contributed by atoms with Crippen LogP contribution >= 0.6 is 0 Å². The normalized spacial score (nSPS) is 10.9. The second kappa shape index (κ2) is 3.54. The van der Waals surface area contributed by atoms with Crippen LogP contribution in [0.3, 0.4) is 0 Å². The molecule has 0 saturated carbocycles. The number of hydrogen-bond donors (Lipinski definition) is 0. The van der Waals surface area contributed by atoms with Crippen molar-refractivity contribution in [1.29, 1.82) is 0 Å². The van der Waals surface area contributed by atoms with Gasteiger partial charge in [0.1, 0.15) is 0 Å². The monoisotopic (exact) mass is 201 g/mol. The zero-order valence-electron chi connectivity index (χ0n) is 9.37. The van der Waals surface area contributed by atoms with Crippen molar-refractivity contribution in [3.05, 3.63) is 35.5 Å². The Morgan fingerprint density at radius 3 is 2.67 bits per heavy atom. The minimum absolute atomic E-state index is 0.0757. The molecule has 0 unspecified atom stereocenters. The minimum atomic E-state index is 0.0757. The lowest BCUT2D eigenvalue weighted by molar-refractivity contribution is 0.0940. The van der Waals surface area contributed by atoms with Gasteiger partial charge in [-0.15, -0.1) is 0 Å². The Bertz CT molecular complexity index is 523. The van der Waals surface area contributed by atoms with Gasteiger partial charge in [-0.2, -0.15) is 0 Å². The number of aryl methyl sites for hydroxylation is 2. The number of benzene rings is 1. The Kier molecular flexibility index (Phi) is 2.35. The summed E-state index contributed by atoms with van der Waals surface area (Å²) in [6, 6.07) is 8.33. The molecule has 1 aromatic heterocycles. The van der Waals surface area contributed by atoms with Crippen LogP contribution in [-0.2, 0) is 6.42 Å². The number of nitrogens with zero attached hydrogens (tertiary/aromatic N) is 1. The highest BCUT2D eigenvalue weighted by Crippen LogP contribution is 2.21. The van der Waals surface area contributed by atoms with Crippen LogP contribution in [0, 0.1) is 6.92 Å². The lowest BCUT2D eigenvalue weighted by Gasteiger charge is -2.02. The molecule has 0 radical (unpaired) electrons. The largest absolute Gasteiger partial charge is 0.285 e. The molecule has 0 atom stereocenters. The van der Waals surface area contributed by atoms with Gasteiger partial charge in [0.25, 0.3) is 0 Å². The van der Waals surface area contributed by atoms with Crippen molar-refractivity contribution in [3.63, 3.8) is 0 Å². The Balaban J connectivity index is 2.74. The van der Waals surface area contributed by atoms with E-state index >= 15 is 0 Å². The van der Waals surface area contributed by atoms with Gasteiger partial charge in [0.15, 0.2) is 0 Å². The van der Waals surface area contributed by atoms with Crippen molar-refractivity contribution in [3.8, 4) is 0 Å². The minimum Gasteiger partial charge on any atom is -0.285 e. The molecule has 1 heterocycles. The van der Waals surface area contributed by atoms with E-state index in [-0.39, 0.29) is 5.91 Å². The molecule has 15 heavy (non-hydrogen) atoms. The first-order valence-corrected chi connectivity index (χ1v) is 5.25. The maximum atomic E-state index is 11.5. The number of fused-ring (bicyclic) bond motifs is 1. The van der Waals surface area contributed by atoms with Crippen LogP contribution in [-0.4, -0.2) is 10.5 Å². The summed E-state index contributed by atoms with van der Waals surface area (Å²) < 4.78 is 1.76. The van der Waals surface area contributed by atoms with Crippen molar-refractivity contribution in [2.75, 3.05) is 0 Å². The van der Waals surface area contributed by atoms with Crippen LogP contribution in [0.1, 0.15) is 29.9 Å². The van der Waals surface area contributed by atoms with Gasteiger partial charge in [0.2, 0.25) is 5.91 Å². The molecule has 0 aliphatic carbocycles. The first-order chi connectivity index (χ1) is 7.13. The lowest BCUT2D eigenvalue weighted by Crippen LogP contribution is -2.06. The molecule has 2 nitrogen and oxygen atoms in total. The standard InChI is InChI=1S/C13H15NO/c1-4-11-5-6-13-12(8-11)7-9(2)14(13)10(3)15/h5-8H,4H2,1-3H3. The van der Waals surface area contributed by atoms with Crippen molar-refractivity contribution >= 4 is 16.8 Å². The second-order valence-corrected chi connectivity index (χ2v) is 3.89. The van der Waals surface area contributed by atoms with Crippen LogP contribution in [0.4, 0.5) is 0 Å². The predicted molar refractivity (Wildman–Crippen MR) is 62.4 cm³/mol. The van der Waals surface area contributed by atoms with E-state index in [1.54, 1.807) is 11.5 Å². The van der Waals surface area contributed by atoms with E-state index in [1.807, 2.05) is 13.0 Å². The topological polar surface area (TPSA) is 22.0 Å². The molecule has 0 spiro atoms. The molecule has 1 aromatic carbocycles. The number of rotatable bonds is 1. The highest BCUT2D eigenvalue weighted by atomic mass is 16.1. The van der Waals surface area contributed by atoms with Gasteiger partial charge in [-0.25, -0.2) is 0 Å². The van der Waals surface area contributed by atoms with E-state index in [9.17, 15) is 4.79 Å². The smallest absolute Gasteiger partial charge is 0.228 e. The molecule has 2 rings (SSSR count). The highest BCUT2D eigenvalue weighted by molar-refractivity contribution is 5.93. The summed E-state index contributed by atoms with van der Waals surface area (Å²) in [5, 5.41) is 1.15. The van der Waals surface area contributed by atoms with E-state index in [0.717, 1.165) is 23.0 Å². The Morgan fingerprint density at radius 1 is 1.33 bits per heavy atom. The van der Waals surface area contributed by atoms with Gasteiger partial charge in [-0.1, -0.05) is 13.0 Å². The maximum absolute atomic E-state index is 11.5. The maximum Gasteiger partial charge on any atom is 0.228 e. The third-order valence-electron chi connectivity index (χ3n) is 2.77. The third kappa shape index (κ3) is 1.56. The van der Waals surface area contributed by atoms with Crippen LogP contribution in [0.15, 0.2) is 24.3 Å². The second-order valence-electron chi connectivity index (χ2n) is 3.89. The predicted octanol–water partition coefficient (Wildman–Crippen LogP) is 3.17. The fraction of sp³-hybridized carbons (Fsp3) is 0.308. The summed E-state index contributed by atoms with van der Waals surface area (Å²) in [4.78, 5) is 11.5. The van der Waals surface area contributed by atoms with Crippen molar-refractivity contribution in [2.45, 2.75) is 27.2 Å². The molecule has 78 valence electrons. The molecular formula is C13H15NO. The first-order valence-electron chi connectivity index (χ1n) is 5.25. The van der Waals surface area contributed by atoms with Crippen molar-refractivity contribution in [2.24, 2.45) is 0 Å². The Labute approximate surface area is 89.5 Å². The van der Waals surface area contributed by atoms with Crippen molar-refractivity contribution < 1.29 is 4.79 Å². The van der Waals surface area contributed by atoms with Crippen LogP contribution in [0.25, 0.3) is 10.9 Å². The summed E-state index contributed by atoms with van der Waals surface area (Å²) in [6.45, 7) is 5.70. The van der Waals surface area contributed by atoms with Gasteiger partial charge < -0.3 is 0 Å². The van der Waals surface area contributed by atoms with E-state index in [1.165, 1.54) is 5.56 Å². The average molecular weight is 201 g/mol. The molecule has 0 aliphatic rings. The molecule has 0 bridgehead atoms. The number of carbonyl (C=O) groups excluding carboxylic acids is 1. The molecule has 2 heteroatoms. The molecule has 0 fully saturated rings. The zero-order valence-corrected chi connectivity index (χ0v) is 9.37. The quantitative estimate of drug-likeness (QED) is 0.694. The number of aromatic nitrogens is 1. The van der Waals surface area contributed by atoms with Gasteiger partial charge >= 0.3 is 0 Å². The zero-order chi connectivity index (χ0) is 11.0. The molecule has 0 N–H and O–H groups in total. The molecule has 2 aromatic rings.